The molecular weight excluding hydrogens is 1120 g/mol. The predicted molar refractivity (Wildman–Crippen MR) is 384 cm³/mol. The maximum Gasteiger partial charge on any atom is 0.0784 e. The van der Waals surface area contributed by atoms with E-state index >= 15 is 0 Å². The van der Waals surface area contributed by atoms with Crippen LogP contribution in [-0.2, 0) is 10.8 Å². The van der Waals surface area contributed by atoms with Crippen LogP contribution in [0.25, 0.3) is 117 Å². The molecule has 432 valence electrons. The molecule has 0 radical (unpaired) electrons. The number of rotatable bonds is 8. The van der Waals surface area contributed by atoms with Crippen molar-refractivity contribution < 1.29 is 0 Å². The third-order valence-electron chi connectivity index (χ3n) is 20.8. The monoisotopic (exact) mass is 1180 g/mol. The Balaban J connectivity index is 0.852. The van der Waals surface area contributed by atoms with E-state index in [4.69, 9.17) is 16.6 Å². The summed E-state index contributed by atoms with van der Waals surface area (Å²) in [4.78, 5) is 15.2. The highest BCUT2D eigenvalue weighted by molar-refractivity contribution is 6.17. The molecule has 15 aromatic rings. The Morgan fingerprint density at radius 2 is 0.645 bits per heavy atom. The van der Waals surface area contributed by atoms with Crippen molar-refractivity contribution >= 4 is 33.2 Å². The minimum atomic E-state index is -0.521. The summed E-state index contributed by atoms with van der Waals surface area (Å²) in [6.07, 6.45) is 3.81. The van der Waals surface area contributed by atoms with Crippen molar-refractivity contribution in [2.75, 3.05) is 0 Å². The summed E-state index contributed by atoms with van der Waals surface area (Å²) >= 11 is 0. The van der Waals surface area contributed by atoms with Crippen LogP contribution in [0.5, 0.6) is 0 Å². The van der Waals surface area contributed by atoms with E-state index in [9.17, 15) is 0 Å². The summed E-state index contributed by atoms with van der Waals surface area (Å²) in [6.45, 7) is 7.13. The number of aromatic nitrogens is 2. The van der Waals surface area contributed by atoms with Crippen LogP contribution in [0.2, 0.25) is 0 Å². The molecule has 2 aromatic heterocycles. The molecule has 0 bridgehead atoms. The highest BCUT2D eigenvalue weighted by Gasteiger charge is 2.53. The van der Waals surface area contributed by atoms with Gasteiger partial charge in [-0.1, -0.05) is 261 Å². The van der Waals surface area contributed by atoms with Crippen molar-refractivity contribution in [1.82, 2.24) is 9.97 Å². The van der Waals surface area contributed by atoms with Crippen LogP contribution in [0.1, 0.15) is 66.8 Å². The molecule has 0 N–H and O–H groups in total. The normalized spacial score (nSPS) is 13.7. The largest absolute Gasteiger partial charge is 0.256 e. The van der Waals surface area contributed by atoms with Crippen molar-refractivity contribution in [3.63, 3.8) is 0 Å². The average molecular weight is 1180 g/mol. The molecule has 0 saturated carbocycles. The van der Waals surface area contributed by atoms with Crippen LogP contribution >= 0.6 is 0 Å². The second-order valence-electron chi connectivity index (χ2n) is 25.3. The lowest BCUT2D eigenvalue weighted by Crippen LogP contribution is -2.25. The molecular formula is C90H57N3. The fourth-order valence-corrected chi connectivity index (χ4v) is 16.8. The lowest BCUT2D eigenvalue weighted by Gasteiger charge is -2.31. The summed E-state index contributed by atoms with van der Waals surface area (Å²) in [7, 11) is 0. The number of para-hydroxylation sites is 2. The zero-order valence-corrected chi connectivity index (χ0v) is 51.1. The highest BCUT2D eigenvalue weighted by Crippen LogP contribution is 2.65. The maximum absolute atomic E-state index is 5.81. The molecule has 4 aliphatic carbocycles. The molecule has 93 heavy (non-hydrogen) atoms. The molecule has 0 unspecified atom stereocenters. The maximum atomic E-state index is 5.81. The van der Waals surface area contributed by atoms with E-state index in [1.807, 2.05) is 18.5 Å². The van der Waals surface area contributed by atoms with Crippen LogP contribution < -0.4 is 0 Å². The van der Waals surface area contributed by atoms with Gasteiger partial charge in [-0.15, -0.1) is 0 Å². The van der Waals surface area contributed by atoms with Crippen LogP contribution in [-0.4, -0.2) is 15.7 Å². The highest BCUT2D eigenvalue weighted by atomic mass is 14.8. The average Bonchev–Trinajstić information content (AvgIpc) is 1.54. The first-order chi connectivity index (χ1) is 45.9. The molecule has 2 spiro atoms. The summed E-state index contributed by atoms with van der Waals surface area (Å²) in [5.74, 6) is 0. The van der Waals surface area contributed by atoms with Gasteiger partial charge in [0.05, 0.1) is 33.3 Å². The first-order valence-corrected chi connectivity index (χ1v) is 32.2. The first-order valence-electron chi connectivity index (χ1n) is 32.2. The Hall–Kier alpha value is -11.9. The third-order valence-corrected chi connectivity index (χ3v) is 20.8. The molecule has 4 aliphatic rings. The number of pyridine rings is 2. The van der Waals surface area contributed by atoms with Crippen molar-refractivity contribution in [2.45, 2.75) is 17.8 Å². The second-order valence-corrected chi connectivity index (χ2v) is 25.3. The molecule has 13 aromatic carbocycles. The quantitative estimate of drug-likeness (QED) is 0.142. The van der Waals surface area contributed by atoms with Crippen LogP contribution in [0.4, 0.5) is 0 Å². The van der Waals surface area contributed by atoms with Crippen molar-refractivity contribution in [3.05, 3.63) is 389 Å². The second kappa shape index (κ2) is 20.3. The van der Waals surface area contributed by atoms with Gasteiger partial charge in [-0.05, 0) is 200 Å². The molecule has 0 aliphatic heterocycles. The van der Waals surface area contributed by atoms with Crippen LogP contribution in [0, 0.1) is 6.92 Å². The molecule has 19 rings (SSSR count). The lowest BCUT2D eigenvalue weighted by molar-refractivity contribution is 0.794. The zero-order valence-electron chi connectivity index (χ0n) is 51.1. The fourth-order valence-electron chi connectivity index (χ4n) is 16.8. The van der Waals surface area contributed by atoms with Crippen molar-refractivity contribution in [3.8, 4) is 89.0 Å². The Morgan fingerprint density at radius 1 is 0.290 bits per heavy atom. The van der Waals surface area contributed by atoms with E-state index in [2.05, 4.69) is 309 Å². The molecule has 3 heteroatoms. The molecule has 3 nitrogen and oxygen atoms in total. The van der Waals surface area contributed by atoms with E-state index in [1.165, 1.54) is 89.0 Å². The number of fused-ring (bicyclic) bond motifs is 22. The van der Waals surface area contributed by atoms with E-state index in [1.54, 1.807) is 0 Å². The number of benzene rings is 13. The van der Waals surface area contributed by atoms with Crippen LogP contribution in [0.3, 0.4) is 0 Å². The molecule has 0 saturated heterocycles. The van der Waals surface area contributed by atoms with E-state index in [-0.39, 0.29) is 0 Å². The number of nitrogens with zero attached hydrogens (tertiary/aromatic N) is 3. The Bertz CT molecular complexity index is 5590. The molecule has 0 atom stereocenters. The number of hydrogen-bond donors (Lipinski definition) is 0. The molecule has 2 heterocycles. The van der Waals surface area contributed by atoms with Gasteiger partial charge < -0.3 is 0 Å². The van der Waals surface area contributed by atoms with Gasteiger partial charge in [-0.3, -0.25) is 9.97 Å². The summed E-state index contributed by atoms with van der Waals surface area (Å²) in [5, 5.41) is 2.22. The SMILES string of the molecule is C=C(N=C(c1ccc(-c2ccnc3ccccc23)cc1)c1cc(-c2ccc3c(c2)C2(c4ccccc4-c4ccccc42)c2ccccc2-3)cc(-c2ccc3c(c2)C2(c4ccccc4-c4ccccc42)c2ccccc2-3)c1C)c1ccc(-c2ccnc3ccccc23)cc1. The van der Waals surface area contributed by atoms with Crippen molar-refractivity contribution in [2.24, 2.45) is 4.99 Å². The Morgan fingerprint density at radius 3 is 1.09 bits per heavy atom. The van der Waals surface area contributed by atoms with E-state index in [0.29, 0.717) is 5.70 Å². The number of hydrogen-bond acceptors (Lipinski definition) is 3. The van der Waals surface area contributed by atoms with E-state index < -0.39 is 10.8 Å². The minimum absolute atomic E-state index is 0.519. The van der Waals surface area contributed by atoms with Gasteiger partial charge in [0.15, 0.2) is 0 Å². The number of aliphatic imine (C=N–C) groups is 1. The first kappa shape index (κ1) is 53.0. The Kier molecular flexibility index (Phi) is 11.6. The summed E-state index contributed by atoms with van der Waals surface area (Å²) < 4.78 is 0. The zero-order chi connectivity index (χ0) is 61.5. The standard InChI is InChI=1S/C90H57N3/c1-55-76(62-44-46-73-71-24-8-16-32-83(71)90(85(73)54-62)80-29-13-5-21-68(80)69-22-6-14-30-81(69)90)51-63(61-43-45-72-70-23-7-15-31-82(70)89(84(72)53-61)78-27-11-3-19-66(78)67-20-4-12-28-79(67)89)52-77(55)88(60-41-39-59(40-42-60)65-48-50-92-87-34-18-10-26-75(65)87)93-56(2)57-35-37-58(38-36-57)64-47-49-91-86-33-17-9-25-74(64)86/h3-54H,2H2,1H3. The van der Waals surface area contributed by atoms with Gasteiger partial charge in [0.25, 0.3) is 0 Å². The third kappa shape index (κ3) is 7.56. The topological polar surface area (TPSA) is 38.1 Å². The summed E-state index contributed by atoms with van der Waals surface area (Å²) in [5.41, 5.74) is 36.2. The van der Waals surface area contributed by atoms with Gasteiger partial charge in [0.1, 0.15) is 0 Å². The smallest absolute Gasteiger partial charge is 0.0784 e. The van der Waals surface area contributed by atoms with Gasteiger partial charge in [0.2, 0.25) is 0 Å². The van der Waals surface area contributed by atoms with Crippen LogP contribution in [0.15, 0.2) is 327 Å². The lowest BCUT2D eigenvalue weighted by atomic mass is 9.70. The fraction of sp³-hybridized carbons (Fsp3) is 0.0333. The molecule has 0 fully saturated rings. The minimum Gasteiger partial charge on any atom is -0.256 e. The van der Waals surface area contributed by atoms with Gasteiger partial charge in [0, 0.05) is 34.3 Å². The molecule has 0 amide bonds. The van der Waals surface area contributed by atoms with Crippen molar-refractivity contribution in [1.29, 1.82) is 0 Å². The van der Waals surface area contributed by atoms with E-state index in [0.717, 1.165) is 94.3 Å². The summed E-state index contributed by atoms with van der Waals surface area (Å²) in [6, 6.07) is 113. The van der Waals surface area contributed by atoms with Gasteiger partial charge in [-0.25, -0.2) is 4.99 Å². The van der Waals surface area contributed by atoms with Gasteiger partial charge in [-0.2, -0.15) is 0 Å². The Labute approximate surface area is 540 Å². The predicted octanol–water partition coefficient (Wildman–Crippen LogP) is 22.0. The van der Waals surface area contributed by atoms with Gasteiger partial charge >= 0.3 is 0 Å².